The molecule has 0 fully saturated rings. The summed E-state index contributed by atoms with van der Waals surface area (Å²) in [5.74, 6) is 0.629. The Bertz CT molecular complexity index is 330. The lowest BCUT2D eigenvalue weighted by atomic mass is 9.89. The summed E-state index contributed by atoms with van der Waals surface area (Å²) in [6.45, 7) is 14.6. The van der Waals surface area contributed by atoms with Crippen molar-refractivity contribution in [2.75, 3.05) is 19.6 Å². The number of benzene rings is 1. The standard InChI is InChI=1S/C17H30N2/c1-6-18-16(15-12-10-9-11-13-15)17(14(4)5)19(7-2)8-3/h9-14,16-18H,6-8H2,1-5H3. The molecular formula is C17H30N2. The highest BCUT2D eigenvalue weighted by molar-refractivity contribution is 5.21. The molecule has 1 aromatic carbocycles. The summed E-state index contributed by atoms with van der Waals surface area (Å²) in [5.41, 5.74) is 1.40. The average molecular weight is 262 g/mol. The highest BCUT2D eigenvalue weighted by atomic mass is 15.2. The van der Waals surface area contributed by atoms with Crippen molar-refractivity contribution in [2.45, 2.75) is 46.7 Å². The molecule has 108 valence electrons. The predicted molar refractivity (Wildman–Crippen MR) is 84.4 cm³/mol. The zero-order valence-corrected chi connectivity index (χ0v) is 13.2. The second kappa shape index (κ2) is 8.34. The van der Waals surface area contributed by atoms with Gasteiger partial charge in [0, 0.05) is 12.1 Å². The Labute approximate surface area is 119 Å². The number of likely N-dealkylation sites (N-methyl/N-ethyl adjacent to an activating group) is 2. The van der Waals surface area contributed by atoms with Gasteiger partial charge in [0.1, 0.15) is 0 Å². The molecule has 2 unspecified atom stereocenters. The first kappa shape index (κ1) is 16.2. The van der Waals surface area contributed by atoms with Crippen LogP contribution in [0.1, 0.15) is 46.2 Å². The fourth-order valence-corrected chi connectivity index (χ4v) is 2.98. The molecule has 1 N–H and O–H groups in total. The fourth-order valence-electron chi connectivity index (χ4n) is 2.98. The highest BCUT2D eigenvalue weighted by Gasteiger charge is 2.29. The Hall–Kier alpha value is -0.860. The first-order chi connectivity index (χ1) is 9.15. The zero-order valence-electron chi connectivity index (χ0n) is 13.2. The van der Waals surface area contributed by atoms with Gasteiger partial charge in [-0.3, -0.25) is 4.90 Å². The monoisotopic (exact) mass is 262 g/mol. The van der Waals surface area contributed by atoms with Crippen molar-refractivity contribution in [3.05, 3.63) is 35.9 Å². The Morgan fingerprint density at radius 1 is 1.00 bits per heavy atom. The Kier molecular flexibility index (Phi) is 7.11. The molecule has 0 aliphatic rings. The van der Waals surface area contributed by atoms with Crippen LogP contribution in [-0.4, -0.2) is 30.6 Å². The summed E-state index contributed by atoms with van der Waals surface area (Å²) in [4.78, 5) is 2.57. The van der Waals surface area contributed by atoms with Gasteiger partial charge in [0.25, 0.3) is 0 Å². The molecule has 1 rings (SSSR count). The maximum Gasteiger partial charge on any atom is 0.0480 e. The minimum absolute atomic E-state index is 0.408. The van der Waals surface area contributed by atoms with E-state index in [1.807, 2.05) is 0 Å². The van der Waals surface area contributed by atoms with Crippen LogP contribution in [0.2, 0.25) is 0 Å². The van der Waals surface area contributed by atoms with Crippen molar-refractivity contribution in [2.24, 2.45) is 5.92 Å². The van der Waals surface area contributed by atoms with Crippen molar-refractivity contribution < 1.29 is 0 Å². The number of hydrogen-bond donors (Lipinski definition) is 1. The number of nitrogens with zero attached hydrogens (tertiary/aromatic N) is 1. The van der Waals surface area contributed by atoms with Gasteiger partial charge < -0.3 is 5.32 Å². The van der Waals surface area contributed by atoms with Crippen molar-refractivity contribution >= 4 is 0 Å². The lowest BCUT2D eigenvalue weighted by Gasteiger charge is -2.39. The zero-order chi connectivity index (χ0) is 14.3. The van der Waals surface area contributed by atoms with Gasteiger partial charge in [-0.15, -0.1) is 0 Å². The molecule has 0 aliphatic carbocycles. The van der Waals surface area contributed by atoms with E-state index in [0.717, 1.165) is 19.6 Å². The van der Waals surface area contributed by atoms with Crippen LogP contribution < -0.4 is 5.32 Å². The molecule has 0 spiro atoms. The van der Waals surface area contributed by atoms with E-state index in [4.69, 9.17) is 0 Å². The summed E-state index contributed by atoms with van der Waals surface area (Å²) in [5, 5.41) is 3.69. The molecule has 0 bridgehead atoms. The molecule has 0 aliphatic heterocycles. The van der Waals surface area contributed by atoms with Crippen molar-refractivity contribution in [3.8, 4) is 0 Å². The van der Waals surface area contributed by atoms with Crippen molar-refractivity contribution in [1.82, 2.24) is 10.2 Å². The molecule has 0 radical (unpaired) electrons. The van der Waals surface area contributed by atoms with E-state index in [1.165, 1.54) is 5.56 Å². The number of hydrogen-bond acceptors (Lipinski definition) is 2. The van der Waals surface area contributed by atoms with Crippen LogP contribution in [0, 0.1) is 5.92 Å². The van der Waals surface area contributed by atoms with Crippen molar-refractivity contribution in [1.29, 1.82) is 0 Å². The summed E-state index contributed by atoms with van der Waals surface area (Å²) in [6.07, 6.45) is 0. The molecule has 2 nitrogen and oxygen atoms in total. The minimum Gasteiger partial charge on any atom is -0.309 e. The Morgan fingerprint density at radius 2 is 1.58 bits per heavy atom. The normalized spacial score (nSPS) is 14.9. The molecule has 0 heterocycles. The third-order valence-corrected chi connectivity index (χ3v) is 3.84. The summed E-state index contributed by atoms with van der Waals surface area (Å²) in [7, 11) is 0. The van der Waals surface area contributed by atoms with Crippen LogP contribution >= 0.6 is 0 Å². The lowest BCUT2D eigenvalue weighted by molar-refractivity contribution is 0.130. The molecule has 0 amide bonds. The van der Waals surface area contributed by atoms with E-state index in [2.05, 4.69) is 75.2 Å². The van der Waals surface area contributed by atoms with Gasteiger partial charge in [-0.2, -0.15) is 0 Å². The minimum atomic E-state index is 0.408. The molecule has 0 saturated heterocycles. The van der Waals surface area contributed by atoms with E-state index >= 15 is 0 Å². The van der Waals surface area contributed by atoms with E-state index in [9.17, 15) is 0 Å². The second-order valence-electron chi connectivity index (χ2n) is 5.40. The Morgan fingerprint density at radius 3 is 2.00 bits per heavy atom. The molecule has 1 aromatic rings. The van der Waals surface area contributed by atoms with Gasteiger partial charge >= 0.3 is 0 Å². The topological polar surface area (TPSA) is 15.3 Å². The molecule has 0 saturated carbocycles. The summed E-state index contributed by atoms with van der Waals surface area (Å²) >= 11 is 0. The van der Waals surface area contributed by atoms with Gasteiger partial charge in [-0.25, -0.2) is 0 Å². The predicted octanol–water partition coefficient (Wildman–Crippen LogP) is 3.70. The smallest absolute Gasteiger partial charge is 0.0480 e. The molecular weight excluding hydrogens is 232 g/mol. The van der Waals surface area contributed by atoms with Crippen LogP contribution in [0.4, 0.5) is 0 Å². The largest absolute Gasteiger partial charge is 0.309 e. The van der Waals surface area contributed by atoms with Crippen molar-refractivity contribution in [3.63, 3.8) is 0 Å². The van der Waals surface area contributed by atoms with E-state index < -0.39 is 0 Å². The van der Waals surface area contributed by atoms with E-state index in [1.54, 1.807) is 0 Å². The van der Waals surface area contributed by atoms with Gasteiger partial charge in [0.2, 0.25) is 0 Å². The van der Waals surface area contributed by atoms with Crippen LogP contribution in [-0.2, 0) is 0 Å². The Balaban J connectivity index is 3.05. The SMILES string of the molecule is CCNC(c1ccccc1)C(C(C)C)N(CC)CC. The first-order valence-corrected chi connectivity index (χ1v) is 7.67. The first-order valence-electron chi connectivity index (χ1n) is 7.67. The van der Waals surface area contributed by atoms with Crippen LogP contribution in [0.25, 0.3) is 0 Å². The second-order valence-corrected chi connectivity index (χ2v) is 5.40. The molecule has 0 aromatic heterocycles. The number of rotatable bonds is 8. The van der Waals surface area contributed by atoms with Gasteiger partial charge in [0.15, 0.2) is 0 Å². The van der Waals surface area contributed by atoms with Crippen LogP contribution in [0.3, 0.4) is 0 Å². The van der Waals surface area contributed by atoms with Gasteiger partial charge in [-0.1, -0.05) is 65.0 Å². The maximum atomic E-state index is 3.69. The third kappa shape index (κ3) is 4.32. The lowest BCUT2D eigenvalue weighted by Crippen LogP contribution is -2.47. The fraction of sp³-hybridized carbons (Fsp3) is 0.647. The van der Waals surface area contributed by atoms with Crippen LogP contribution in [0.5, 0.6) is 0 Å². The van der Waals surface area contributed by atoms with Gasteiger partial charge in [-0.05, 0) is 31.1 Å². The van der Waals surface area contributed by atoms with Gasteiger partial charge in [0.05, 0.1) is 0 Å². The summed E-state index contributed by atoms with van der Waals surface area (Å²) in [6, 6.07) is 11.8. The van der Waals surface area contributed by atoms with E-state index in [-0.39, 0.29) is 0 Å². The number of nitrogens with one attached hydrogen (secondary N) is 1. The molecule has 2 atom stereocenters. The quantitative estimate of drug-likeness (QED) is 0.768. The average Bonchev–Trinajstić information content (AvgIpc) is 2.43. The highest BCUT2D eigenvalue weighted by Crippen LogP contribution is 2.26. The van der Waals surface area contributed by atoms with E-state index in [0.29, 0.717) is 18.0 Å². The maximum absolute atomic E-state index is 3.69. The third-order valence-electron chi connectivity index (χ3n) is 3.84. The summed E-state index contributed by atoms with van der Waals surface area (Å²) < 4.78 is 0. The molecule has 2 heteroatoms. The van der Waals surface area contributed by atoms with Crippen LogP contribution in [0.15, 0.2) is 30.3 Å². The molecule has 19 heavy (non-hydrogen) atoms.